The summed E-state index contributed by atoms with van der Waals surface area (Å²) in [4.78, 5) is 9.48. The predicted octanol–water partition coefficient (Wildman–Crippen LogP) is 2.52. The fraction of sp³-hybridized carbons (Fsp3) is 0.0909. The zero-order valence-corrected chi connectivity index (χ0v) is 9.16. The van der Waals surface area contributed by atoms with Gasteiger partial charge in [-0.25, -0.2) is 4.98 Å². The van der Waals surface area contributed by atoms with Crippen molar-refractivity contribution in [2.24, 2.45) is 0 Å². The van der Waals surface area contributed by atoms with E-state index in [2.05, 4.69) is 9.97 Å². The highest BCUT2D eigenvalue weighted by atomic mass is 32.2. The summed E-state index contributed by atoms with van der Waals surface area (Å²) >= 11 is 1.60. The van der Waals surface area contributed by atoms with Crippen molar-refractivity contribution in [3.63, 3.8) is 0 Å². The van der Waals surface area contributed by atoms with Gasteiger partial charge in [0, 0.05) is 17.3 Å². The average molecular weight is 217 g/mol. The van der Waals surface area contributed by atoms with Gasteiger partial charge >= 0.3 is 0 Å². The minimum Gasteiger partial charge on any atom is -0.397 e. The molecule has 15 heavy (non-hydrogen) atoms. The molecule has 2 N–H and O–H groups in total. The monoisotopic (exact) mass is 217 g/mol. The zero-order valence-electron chi connectivity index (χ0n) is 8.34. The summed E-state index contributed by atoms with van der Waals surface area (Å²) in [6, 6.07) is 7.72. The maximum Gasteiger partial charge on any atom is 0.101 e. The van der Waals surface area contributed by atoms with Crippen molar-refractivity contribution >= 4 is 17.4 Å². The van der Waals surface area contributed by atoms with Gasteiger partial charge in [-0.2, -0.15) is 0 Å². The van der Waals surface area contributed by atoms with Gasteiger partial charge in [-0.3, -0.25) is 4.98 Å². The minimum absolute atomic E-state index is 0.731. The van der Waals surface area contributed by atoms with Crippen LogP contribution in [0.4, 0.5) is 5.69 Å². The Morgan fingerprint density at radius 3 is 2.53 bits per heavy atom. The zero-order chi connectivity index (χ0) is 10.7. The topological polar surface area (TPSA) is 51.8 Å². The largest absolute Gasteiger partial charge is 0.397 e. The number of anilines is 1. The van der Waals surface area contributed by atoms with Crippen LogP contribution in [0.15, 0.2) is 46.6 Å². The van der Waals surface area contributed by atoms with E-state index < -0.39 is 0 Å². The molecule has 2 heterocycles. The Bertz CT molecular complexity index is 457. The maximum absolute atomic E-state index is 5.70. The van der Waals surface area contributed by atoms with E-state index in [4.69, 9.17) is 5.73 Å². The Morgan fingerprint density at radius 1 is 1.13 bits per heavy atom. The van der Waals surface area contributed by atoms with Crippen LogP contribution in [0.3, 0.4) is 0 Å². The minimum atomic E-state index is 0.731. The van der Waals surface area contributed by atoms with Crippen LogP contribution in [0.25, 0.3) is 0 Å². The first-order chi connectivity index (χ1) is 7.25. The van der Waals surface area contributed by atoms with Gasteiger partial charge in [0.15, 0.2) is 0 Å². The second kappa shape index (κ2) is 4.31. The Labute approximate surface area is 92.8 Å². The number of nitrogens with zero attached hydrogens (tertiary/aromatic N) is 2. The highest BCUT2D eigenvalue weighted by Crippen LogP contribution is 2.26. The lowest BCUT2D eigenvalue weighted by molar-refractivity contribution is 1.07. The molecular formula is C11H11N3S. The third-order valence-corrected chi connectivity index (χ3v) is 2.92. The molecule has 0 fully saturated rings. The molecule has 76 valence electrons. The van der Waals surface area contributed by atoms with Crippen LogP contribution in [-0.2, 0) is 0 Å². The number of pyridine rings is 2. The molecule has 0 unspecified atom stereocenters. The molecule has 0 aliphatic carbocycles. The Kier molecular flexibility index (Phi) is 2.87. The number of hydrogen-bond donors (Lipinski definition) is 1. The lowest BCUT2D eigenvalue weighted by atomic mass is 10.3. The first kappa shape index (κ1) is 9.98. The molecule has 0 bridgehead atoms. The number of nitrogen functional groups attached to an aromatic ring is 1. The summed E-state index contributed by atoms with van der Waals surface area (Å²) in [7, 11) is 0. The molecule has 2 aromatic heterocycles. The average Bonchev–Trinajstić information content (AvgIpc) is 2.25. The fourth-order valence-electron chi connectivity index (χ4n) is 1.13. The second-order valence-corrected chi connectivity index (χ2v) is 4.20. The third-order valence-electron chi connectivity index (χ3n) is 1.97. The molecule has 0 aliphatic heterocycles. The van der Waals surface area contributed by atoms with Gasteiger partial charge in [-0.15, -0.1) is 0 Å². The Hall–Kier alpha value is -1.55. The van der Waals surface area contributed by atoms with Gasteiger partial charge in [0.2, 0.25) is 0 Å². The van der Waals surface area contributed by atoms with Crippen molar-refractivity contribution in [1.29, 1.82) is 0 Å². The van der Waals surface area contributed by atoms with Crippen molar-refractivity contribution in [1.82, 2.24) is 9.97 Å². The second-order valence-electron chi connectivity index (χ2n) is 3.11. The van der Waals surface area contributed by atoms with Gasteiger partial charge < -0.3 is 5.73 Å². The number of hydrogen-bond acceptors (Lipinski definition) is 4. The van der Waals surface area contributed by atoms with E-state index in [1.54, 1.807) is 24.2 Å². The van der Waals surface area contributed by atoms with E-state index in [0.29, 0.717) is 0 Å². The number of aromatic nitrogens is 2. The summed E-state index contributed by atoms with van der Waals surface area (Å²) < 4.78 is 0. The normalized spacial score (nSPS) is 10.2. The molecule has 0 atom stereocenters. The molecule has 0 aliphatic rings. The van der Waals surface area contributed by atoms with Crippen LogP contribution in [0, 0.1) is 6.92 Å². The first-order valence-corrected chi connectivity index (χ1v) is 5.38. The number of nitrogens with two attached hydrogens (primary N) is 1. The van der Waals surface area contributed by atoms with Gasteiger partial charge in [0.1, 0.15) is 5.03 Å². The molecule has 0 amide bonds. The van der Waals surface area contributed by atoms with Crippen LogP contribution in [0.2, 0.25) is 0 Å². The molecule has 2 aromatic rings. The van der Waals surface area contributed by atoms with E-state index in [1.807, 2.05) is 31.2 Å². The predicted molar refractivity (Wildman–Crippen MR) is 61.7 cm³/mol. The van der Waals surface area contributed by atoms with E-state index in [0.717, 1.165) is 21.3 Å². The third kappa shape index (κ3) is 2.47. The van der Waals surface area contributed by atoms with Crippen molar-refractivity contribution in [3.05, 3.63) is 42.4 Å². The molecule has 2 rings (SSSR count). The fourth-order valence-corrected chi connectivity index (χ4v) is 1.95. The Balaban J connectivity index is 2.22. The smallest absolute Gasteiger partial charge is 0.101 e. The molecule has 0 saturated heterocycles. The lowest BCUT2D eigenvalue weighted by Crippen LogP contribution is -1.93. The summed E-state index contributed by atoms with van der Waals surface area (Å²) in [5.41, 5.74) is 7.30. The Morgan fingerprint density at radius 2 is 1.87 bits per heavy atom. The van der Waals surface area contributed by atoms with Gasteiger partial charge in [-0.05, 0) is 31.2 Å². The van der Waals surface area contributed by atoms with Crippen molar-refractivity contribution in [2.75, 3.05) is 5.73 Å². The summed E-state index contributed by atoms with van der Waals surface area (Å²) in [5, 5.41) is 0.952. The lowest BCUT2D eigenvalue weighted by Gasteiger charge is -2.03. The maximum atomic E-state index is 5.70. The number of rotatable bonds is 2. The summed E-state index contributed by atoms with van der Waals surface area (Å²) in [6.07, 6.45) is 3.54. The highest BCUT2D eigenvalue weighted by Gasteiger charge is 2.00. The highest BCUT2D eigenvalue weighted by molar-refractivity contribution is 7.99. The molecular weight excluding hydrogens is 206 g/mol. The number of aryl methyl sites for hydroxylation is 1. The van der Waals surface area contributed by atoms with Gasteiger partial charge in [-0.1, -0.05) is 11.8 Å². The standard InChI is InChI=1S/C11H11N3S/c1-8-10(12)2-3-11(14-8)15-9-4-6-13-7-5-9/h2-7H,12H2,1H3. The van der Waals surface area contributed by atoms with Crippen LogP contribution in [0.5, 0.6) is 0 Å². The van der Waals surface area contributed by atoms with Crippen LogP contribution >= 0.6 is 11.8 Å². The van der Waals surface area contributed by atoms with E-state index in [1.165, 1.54) is 0 Å². The van der Waals surface area contributed by atoms with Crippen LogP contribution < -0.4 is 5.73 Å². The molecule has 0 radical (unpaired) electrons. The SMILES string of the molecule is Cc1nc(Sc2ccncc2)ccc1N. The van der Waals surface area contributed by atoms with Gasteiger partial charge in [0.05, 0.1) is 11.4 Å². The molecule has 4 heteroatoms. The summed E-state index contributed by atoms with van der Waals surface area (Å²) in [6.45, 7) is 1.91. The molecule has 3 nitrogen and oxygen atoms in total. The van der Waals surface area contributed by atoms with Crippen molar-refractivity contribution in [3.8, 4) is 0 Å². The summed E-state index contributed by atoms with van der Waals surface area (Å²) in [5.74, 6) is 0. The van der Waals surface area contributed by atoms with Crippen molar-refractivity contribution in [2.45, 2.75) is 16.8 Å². The van der Waals surface area contributed by atoms with Crippen LogP contribution in [0.1, 0.15) is 5.69 Å². The van der Waals surface area contributed by atoms with Gasteiger partial charge in [0.25, 0.3) is 0 Å². The van der Waals surface area contributed by atoms with E-state index in [-0.39, 0.29) is 0 Å². The van der Waals surface area contributed by atoms with Crippen LogP contribution in [-0.4, -0.2) is 9.97 Å². The first-order valence-electron chi connectivity index (χ1n) is 4.57. The molecule has 0 saturated carbocycles. The molecule has 0 aromatic carbocycles. The van der Waals surface area contributed by atoms with E-state index >= 15 is 0 Å². The molecule has 0 spiro atoms. The van der Waals surface area contributed by atoms with Crippen molar-refractivity contribution < 1.29 is 0 Å². The van der Waals surface area contributed by atoms with E-state index in [9.17, 15) is 0 Å². The quantitative estimate of drug-likeness (QED) is 0.839.